The van der Waals surface area contributed by atoms with Gasteiger partial charge in [-0.1, -0.05) is 0 Å². The van der Waals surface area contributed by atoms with Gasteiger partial charge in [0, 0.05) is 24.9 Å². The molecule has 13 heavy (non-hydrogen) atoms. The van der Waals surface area contributed by atoms with Crippen molar-refractivity contribution in [1.29, 1.82) is 0 Å². The molecule has 0 N–H and O–H groups in total. The van der Waals surface area contributed by atoms with Crippen LogP contribution >= 0.6 is 0 Å². The van der Waals surface area contributed by atoms with Gasteiger partial charge in [-0.15, -0.1) is 0 Å². The van der Waals surface area contributed by atoms with Crippen molar-refractivity contribution in [3.05, 3.63) is 18.0 Å². The molecule has 1 aliphatic heterocycles. The maximum Gasteiger partial charge on any atom is 0.232 e. The summed E-state index contributed by atoms with van der Waals surface area (Å²) in [5, 5.41) is 0. The molecule has 0 atom stereocenters. The van der Waals surface area contributed by atoms with E-state index in [9.17, 15) is 4.79 Å². The molecule has 0 radical (unpaired) electrons. The number of nitrogens with zero attached hydrogens (tertiary/aromatic N) is 3. The van der Waals surface area contributed by atoms with E-state index in [1.165, 1.54) is 0 Å². The topological polar surface area (TPSA) is 46.1 Å². The molecule has 0 bridgehead atoms. The largest absolute Gasteiger partial charge is 0.281 e. The lowest BCUT2D eigenvalue weighted by Gasteiger charge is -2.12. The SMILES string of the molecule is Cc1ccnc(N2CCCC2=O)n1. The highest BCUT2D eigenvalue weighted by Crippen LogP contribution is 2.16. The van der Waals surface area contributed by atoms with E-state index >= 15 is 0 Å². The average molecular weight is 177 g/mol. The van der Waals surface area contributed by atoms with Crippen molar-refractivity contribution < 1.29 is 4.79 Å². The van der Waals surface area contributed by atoms with Gasteiger partial charge in [-0.3, -0.25) is 9.69 Å². The van der Waals surface area contributed by atoms with Gasteiger partial charge >= 0.3 is 0 Å². The fraction of sp³-hybridized carbons (Fsp3) is 0.444. The van der Waals surface area contributed by atoms with Crippen LogP contribution < -0.4 is 4.90 Å². The van der Waals surface area contributed by atoms with E-state index in [4.69, 9.17) is 0 Å². The molecule has 0 aliphatic carbocycles. The standard InChI is InChI=1S/C9H11N3O/c1-7-4-5-10-9(11-7)12-6-2-3-8(12)13/h4-5H,2-3,6H2,1H3. The van der Waals surface area contributed by atoms with E-state index in [1.807, 2.05) is 13.0 Å². The molecule has 1 saturated heterocycles. The quantitative estimate of drug-likeness (QED) is 0.640. The van der Waals surface area contributed by atoms with Gasteiger partial charge in [0.2, 0.25) is 11.9 Å². The molecule has 0 spiro atoms. The van der Waals surface area contributed by atoms with E-state index in [0.717, 1.165) is 18.7 Å². The number of rotatable bonds is 1. The molecule has 1 aromatic rings. The Balaban J connectivity index is 2.29. The normalized spacial score (nSPS) is 16.7. The number of aryl methyl sites for hydroxylation is 1. The molecule has 1 fully saturated rings. The van der Waals surface area contributed by atoms with Crippen LogP contribution in [0.15, 0.2) is 12.3 Å². The van der Waals surface area contributed by atoms with Crippen LogP contribution in [0.25, 0.3) is 0 Å². The van der Waals surface area contributed by atoms with Crippen LogP contribution in [0.2, 0.25) is 0 Å². The third-order valence-electron chi connectivity index (χ3n) is 2.10. The average Bonchev–Trinajstić information content (AvgIpc) is 2.51. The molecule has 0 saturated carbocycles. The molecule has 68 valence electrons. The minimum absolute atomic E-state index is 0.130. The van der Waals surface area contributed by atoms with Crippen molar-refractivity contribution in [2.75, 3.05) is 11.4 Å². The Kier molecular flexibility index (Phi) is 1.96. The summed E-state index contributed by atoms with van der Waals surface area (Å²) in [6.45, 7) is 2.65. The summed E-state index contributed by atoms with van der Waals surface area (Å²) in [6, 6.07) is 1.82. The van der Waals surface area contributed by atoms with E-state index in [-0.39, 0.29) is 5.91 Å². The predicted octanol–water partition coefficient (Wildman–Crippen LogP) is 0.912. The van der Waals surface area contributed by atoms with Gasteiger partial charge in [0.05, 0.1) is 0 Å². The number of aromatic nitrogens is 2. The molecule has 1 aromatic heterocycles. The van der Waals surface area contributed by atoms with E-state index < -0.39 is 0 Å². The molecule has 1 aliphatic rings. The number of hydrogen-bond donors (Lipinski definition) is 0. The second-order valence-electron chi connectivity index (χ2n) is 3.15. The summed E-state index contributed by atoms with van der Waals surface area (Å²) in [4.78, 5) is 21.2. The number of anilines is 1. The molecule has 4 heteroatoms. The highest BCUT2D eigenvalue weighted by Gasteiger charge is 2.23. The first-order valence-electron chi connectivity index (χ1n) is 4.37. The minimum atomic E-state index is 0.130. The van der Waals surface area contributed by atoms with Gasteiger partial charge in [0.15, 0.2) is 0 Å². The van der Waals surface area contributed by atoms with Crippen LogP contribution in [0.4, 0.5) is 5.95 Å². The molecular formula is C9H11N3O. The van der Waals surface area contributed by atoms with Crippen molar-refractivity contribution in [3.8, 4) is 0 Å². The van der Waals surface area contributed by atoms with E-state index in [2.05, 4.69) is 9.97 Å². The maximum atomic E-state index is 11.3. The van der Waals surface area contributed by atoms with Crippen LogP contribution in [-0.4, -0.2) is 22.4 Å². The molecule has 0 unspecified atom stereocenters. The van der Waals surface area contributed by atoms with Crippen molar-refractivity contribution >= 4 is 11.9 Å². The van der Waals surface area contributed by atoms with Crippen LogP contribution in [-0.2, 0) is 4.79 Å². The summed E-state index contributed by atoms with van der Waals surface area (Å²) in [5.74, 6) is 0.674. The van der Waals surface area contributed by atoms with Crippen molar-refractivity contribution in [2.45, 2.75) is 19.8 Å². The van der Waals surface area contributed by atoms with Gasteiger partial charge in [-0.2, -0.15) is 0 Å². The summed E-state index contributed by atoms with van der Waals surface area (Å²) in [6.07, 6.45) is 3.22. The summed E-state index contributed by atoms with van der Waals surface area (Å²) >= 11 is 0. The second kappa shape index (κ2) is 3.12. The Morgan fingerprint density at radius 1 is 1.54 bits per heavy atom. The summed E-state index contributed by atoms with van der Waals surface area (Å²) in [5.41, 5.74) is 0.893. The monoisotopic (exact) mass is 177 g/mol. The first kappa shape index (κ1) is 8.16. The van der Waals surface area contributed by atoms with Crippen LogP contribution in [0.5, 0.6) is 0 Å². The number of hydrogen-bond acceptors (Lipinski definition) is 3. The molecule has 4 nitrogen and oxygen atoms in total. The highest BCUT2D eigenvalue weighted by molar-refractivity contribution is 5.93. The van der Waals surface area contributed by atoms with Crippen molar-refractivity contribution in [2.24, 2.45) is 0 Å². The Morgan fingerprint density at radius 2 is 2.38 bits per heavy atom. The summed E-state index contributed by atoms with van der Waals surface area (Å²) in [7, 11) is 0. The zero-order valence-electron chi connectivity index (χ0n) is 7.53. The van der Waals surface area contributed by atoms with E-state index in [1.54, 1.807) is 11.1 Å². The lowest BCUT2D eigenvalue weighted by molar-refractivity contribution is -0.117. The minimum Gasteiger partial charge on any atom is -0.281 e. The third-order valence-corrected chi connectivity index (χ3v) is 2.10. The molecule has 0 aromatic carbocycles. The fourth-order valence-corrected chi connectivity index (χ4v) is 1.43. The predicted molar refractivity (Wildman–Crippen MR) is 48.4 cm³/mol. The molecule has 2 heterocycles. The Morgan fingerprint density at radius 3 is 3.00 bits per heavy atom. The molecule has 2 rings (SSSR count). The first-order valence-corrected chi connectivity index (χ1v) is 4.37. The number of carbonyl (C=O) groups is 1. The fourth-order valence-electron chi connectivity index (χ4n) is 1.43. The Hall–Kier alpha value is -1.45. The number of amides is 1. The zero-order valence-corrected chi connectivity index (χ0v) is 7.53. The van der Waals surface area contributed by atoms with Crippen molar-refractivity contribution in [1.82, 2.24) is 9.97 Å². The van der Waals surface area contributed by atoms with Gasteiger partial charge in [0.25, 0.3) is 0 Å². The number of carbonyl (C=O) groups excluding carboxylic acids is 1. The van der Waals surface area contributed by atoms with Gasteiger partial charge in [0.1, 0.15) is 0 Å². The maximum absolute atomic E-state index is 11.3. The van der Waals surface area contributed by atoms with Crippen molar-refractivity contribution in [3.63, 3.8) is 0 Å². The molecular weight excluding hydrogens is 166 g/mol. The van der Waals surface area contributed by atoms with E-state index in [0.29, 0.717) is 12.4 Å². The Bertz CT molecular complexity index is 337. The highest BCUT2D eigenvalue weighted by atomic mass is 16.2. The first-order chi connectivity index (χ1) is 6.27. The zero-order chi connectivity index (χ0) is 9.26. The summed E-state index contributed by atoms with van der Waals surface area (Å²) < 4.78 is 0. The van der Waals surface area contributed by atoms with Gasteiger partial charge in [-0.25, -0.2) is 9.97 Å². The van der Waals surface area contributed by atoms with Gasteiger partial charge in [-0.05, 0) is 19.4 Å². The lowest BCUT2D eigenvalue weighted by atomic mass is 10.4. The van der Waals surface area contributed by atoms with Crippen LogP contribution in [0.1, 0.15) is 18.5 Å². The lowest BCUT2D eigenvalue weighted by Crippen LogP contribution is -2.25. The molecule has 1 amide bonds. The van der Waals surface area contributed by atoms with Crippen LogP contribution in [0, 0.1) is 6.92 Å². The Labute approximate surface area is 76.6 Å². The van der Waals surface area contributed by atoms with Crippen LogP contribution in [0.3, 0.4) is 0 Å². The smallest absolute Gasteiger partial charge is 0.232 e. The third kappa shape index (κ3) is 1.52. The second-order valence-corrected chi connectivity index (χ2v) is 3.15. The van der Waals surface area contributed by atoms with Gasteiger partial charge < -0.3 is 0 Å².